The Morgan fingerprint density at radius 3 is 2.25 bits per heavy atom. The zero-order chi connectivity index (χ0) is 14.9. The molecule has 0 spiro atoms. The van der Waals surface area contributed by atoms with Crippen molar-refractivity contribution in [2.45, 2.75) is 26.2 Å². The minimum atomic E-state index is 0.280. The van der Waals surface area contributed by atoms with E-state index >= 15 is 0 Å². The molecular formula is C14H12Cl3IN2. The highest BCUT2D eigenvalue weighted by Gasteiger charge is 2.15. The Labute approximate surface area is 147 Å². The number of aromatic nitrogens is 2. The Balaban J connectivity index is 2.44. The van der Waals surface area contributed by atoms with Crippen LogP contribution in [0.5, 0.6) is 0 Å². The molecule has 0 atom stereocenters. The molecule has 0 amide bonds. The molecule has 0 bridgehead atoms. The van der Waals surface area contributed by atoms with E-state index in [0.29, 0.717) is 27.4 Å². The van der Waals surface area contributed by atoms with Gasteiger partial charge in [0.1, 0.15) is 11.0 Å². The maximum atomic E-state index is 6.18. The van der Waals surface area contributed by atoms with Gasteiger partial charge in [0, 0.05) is 16.5 Å². The smallest absolute Gasteiger partial charge is 0.146 e. The Morgan fingerprint density at radius 2 is 1.70 bits per heavy atom. The highest BCUT2D eigenvalue weighted by molar-refractivity contribution is 14.1. The summed E-state index contributed by atoms with van der Waals surface area (Å²) in [5.41, 5.74) is 1.77. The van der Waals surface area contributed by atoms with Crippen molar-refractivity contribution < 1.29 is 0 Å². The zero-order valence-corrected chi connectivity index (χ0v) is 15.3. The molecule has 0 saturated heterocycles. The summed E-state index contributed by atoms with van der Waals surface area (Å²) >= 11 is 20.7. The first-order valence-corrected chi connectivity index (χ1v) is 8.26. The SMILES string of the molecule is CC(C)c1nc(Cc2c(Cl)cccc2Cl)nc(Cl)c1I. The van der Waals surface area contributed by atoms with Gasteiger partial charge >= 0.3 is 0 Å². The minimum absolute atomic E-state index is 0.280. The summed E-state index contributed by atoms with van der Waals surface area (Å²) in [5, 5.41) is 1.70. The fourth-order valence-corrected chi connectivity index (χ4v) is 3.39. The summed E-state index contributed by atoms with van der Waals surface area (Å²) < 4.78 is 0.897. The minimum Gasteiger partial charge on any atom is -0.236 e. The van der Waals surface area contributed by atoms with Crippen LogP contribution in [0.4, 0.5) is 0 Å². The molecule has 0 aliphatic carbocycles. The molecule has 1 heterocycles. The standard InChI is InChI=1S/C14H12Cl3IN2/c1-7(2)13-12(18)14(17)20-11(19-13)6-8-9(15)4-3-5-10(8)16/h3-5,7H,6H2,1-2H3. The number of nitrogens with zero attached hydrogens (tertiary/aromatic N) is 2. The average Bonchev–Trinajstić information content (AvgIpc) is 2.37. The van der Waals surface area contributed by atoms with Gasteiger partial charge in [-0.25, -0.2) is 9.97 Å². The Hall–Kier alpha value is -0.100. The van der Waals surface area contributed by atoms with Crippen molar-refractivity contribution in [2.75, 3.05) is 0 Å². The lowest BCUT2D eigenvalue weighted by molar-refractivity contribution is 0.783. The number of hydrogen-bond acceptors (Lipinski definition) is 2. The first kappa shape index (κ1) is 16.3. The van der Waals surface area contributed by atoms with Crippen molar-refractivity contribution in [2.24, 2.45) is 0 Å². The molecule has 0 unspecified atom stereocenters. The van der Waals surface area contributed by atoms with E-state index in [9.17, 15) is 0 Å². The van der Waals surface area contributed by atoms with Crippen molar-refractivity contribution in [1.82, 2.24) is 9.97 Å². The molecule has 0 radical (unpaired) electrons. The van der Waals surface area contributed by atoms with E-state index in [1.165, 1.54) is 0 Å². The van der Waals surface area contributed by atoms with E-state index in [0.717, 1.165) is 14.8 Å². The molecule has 106 valence electrons. The summed E-state index contributed by atoms with van der Waals surface area (Å²) in [5.74, 6) is 0.914. The van der Waals surface area contributed by atoms with E-state index in [-0.39, 0.29) is 5.92 Å². The highest BCUT2D eigenvalue weighted by atomic mass is 127. The molecule has 2 nitrogen and oxygen atoms in total. The molecule has 1 aromatic heterocycles. The predicted octanol–water partition coefficient (Wildman–Crippen LogP) is 5.76. The average molecular weight is 442 g/mol. The number of rotatable bonds is 3. The summed E-state index contributed by atoms with van der Waals surface area (Å²) in [7, 11) is 0. The molecule has 6 heteroatoms. The molecule has 0 fully saturated rings. The number of benzene rings is 1. The zero-order valence-electron chi connectivity index (χ0n) is 10.9. The third-order valence-electron chi connectivity index (χ3n) is 2.83. The Bertz CT molecular complexity index is 624. The van der Waals surface area contributed by atoms with Gasteiger partial charge in [-0.3, -0.25) is 0 Å². The second kappa shape index (κ2) is 6.77. The van der Waals surface area contributed by atoms with Gasteiger partial charge in [0.15, 0.2) is 0 Å². The van der Waals surface area contributed by atoms with Gasteiger partial charge in [0.25, 0.3) is 0 Å². The van der Waals surface area contributed by atoms with Gasteiger partial charge in [0.2, 0.25) is 0 Å². The van der Waals surface area contributed by atoms with Crippen LogP contribution in [0.25, 0.3) is 0 Å². The maximum absolute atomic E-state index is 6.18. The maximum Gasteiger partial charge on any atom is 0.146 e. The Kier molecular flexibility index (Phi) is 5.51. The molecule has 2 rings (SSSR count). The summed E-state index contributed by atoms with van der Waals surface area (Å²) in [6.45, 7) is 4.15. The predicted molar refractivity (Wildman–Crippen MR) is 93.1 cm³/mol. The van der Waals surface area contributed by atoms with Crippen LogP contribution in [-0.2, 0) is 6.42 Å². The monoisotopic (exact) mass is 440 g/mol. The second-order valence-electron chi connectivity index (χ2n) is 4.66. The summed E-state index contributed by atoms with van der Waals surface area (Å²) in [6.07, 6.45) is 0.467. The van der Waals surface area contributed by atoms with E-state index in [4.69, 9.17) is 34.8 Å². The highest BCUT2D eigenvalue weighted by Crippen LogP contribution is 2.29. The van der Waals surface area contributed by atoms with Crippen LogP contribution < -0.4 is 0 Å². The van der Waals surface area contributed by atoms with Crippen LogP contribution in [0.3, 0.4) is 0 Å². The van der Waals surface area contributed by atoms with Crippen molar-refractivity contribution >= 4 is 57.4 Å². The van der Waals surface area contributed by atoms with Gasteiger partial charge in [-0.2, -0.15) is 0 Å². The van der Waals surface area contributed by atoms with Crippen molar-refractivity contribution in [3.63, 3.8) is 0 Å². The normalized spacial score (nSPS) is 11.2. The first-order valence-electron chi connectivity index (χ1n) is 6.04. The van der Waals surface area contributed by atoms with Crippen molar-refractivity contribution in [1.29, 1.82) is 0 Å². The molecule has 0 N–H and O–H groups in total. The van der Waals surface area contributed by atoms with E-state index < -0.39 is 0 Å². The van der Waals surface area contributed by atoms with Gasteiger partial charge < -0.3 is 0 Å². The van der Waals surface area contributed by atoms with Crippen LogP contribution in [0, 0.1) is 3.57 Å². The number of hydrogen-bond donors (Lipinski definition) is 0. The lowest BCUT2D eigenvalue weighted by Crippen LogP contribution is -2.06. The van der Waals surface area contributed by atoms with E-state index in [2.05, 4.69) is 46.4 Å². The third kappa shape index (κ3) is 3.56. The quantitative estimate of drug-likeness (QED) is 0.447. The molecule has 0 aliphatic rings. The van der Waals surface area contributed by atoms with E-state index in [1.54, 1.807) is 12.1 Å². The summed E-state index contributed by atoms with van der Waals surface area (Å²) in [4.78, 5) is 8.91. The van der Waals surface area contributed by atoms with Crippen molar-refractivity contribution in [3.8, 4) is 0 Å². The first-order chi connectivity index (χ1) is 9.40. The Morgan fingerprint density at radius 1 is 1.10 bits per heavy atom. The lowest BCUT2D eigenvalue weighted by atomic mass is 10.1. The van der Waals surface area contributed by atoms with Gasteiger partial charge in [-0.05, 0) is 46.2 Å². The second-order valence-corrected chi connectivity index (χ2v) is 6.91. The van der Waals surface area contributed by atoms with Gasteiger partial charge in [0.05, 0.1) is 9.26 Å². The lowest BCUT2D eigenvalue weighted by Gasteiger charge is -2.12. The molecule has 20 heavy (non-hydrogen) atoms. The van der Waals surface area contributed by atoms with Gasteiger partial charge in [-0.15, -0.1) is 0 Å². The molecular weight excluding hydrogens is 429 g/mol. The van der Waals surface area contributed by atoms with Crippen LogP contribution in [0.15, 0.2) is 18.2 Å². The number of halogens is 4. The fraction of sp³-hybridized carbons (Fsp3) is 0.286. The third-order valence-corrected chi connectivity index (χ3v) is 5.19. The topological polar surface area (TPSA) is 25.8 Å². The van der Waals surface area contributed by atoms with E-state index in [1.807, 2.05) is 6.07 Å². The largest absolute Gasteiger partial charge is 0.236 e. The van der Waals surface area contributed by atoms with Crippen LogP contribution in [0.1, 0.15) is 36.8 Å². The van der Waals surface area contributed by atoms with Crippen molar-refractivity contribution in [3.05, 3.63) is 54.0 Å². The molecule has 2 aromatic rings. The molecule has 0 saturated carbocycles. The summed E-state index contributed by atoms with van der Waals surface area (Å²) in [6, 6.07) is 5.43. The fourth-order valence-electron chi connectivity index (χ4n) is 1.80. The molecule has 1 aromatic carbocycles. The van der Waals surface area contributed by atoms with Crippen LogP contribution in [-0.4, -0.2) is 9.97 Å². The van der Waals surface area contributed by atoms with Gasteiger partial charge in [-0.1, -0.05) is 54.7 Å². The van der Waals surface area contributed by atoms with Crippen LogP contribution in [0.2, 0.25) is 15.2 Å². The molecule has 0 aliphatic heterocycles. The van der Waals surface area contributed by atoms with Crippen LogP contribution >= 0.6 is 57.4 Å².